The molecule has 2 aromatic rings. The van der Waals surface area contributed by atoms with Crippen molar-refractivity contribution < 1.29 is 14.6 Å². The Bertz CT molecular complexity index is 1210. The molecule has 0 radical (unpaired) electrons. The summed E-state index contributed by atoms with van der Waals surface area (Å²) in [6.45, 7) is 18.4. The lowest BCUT2D eigenvalue weighted by Gasteiger charge is -2.63. The van der Waals surface area contributed by atoms with Gasteiger partial charge in [-0.05, 0) is 54.9 Å². The Kier molecular flexibility index (Phi) is 7.46. The topological polar surface area (TPSA) is 111 Å². The molecule has 1 aliphatic heterocycles. The highest BCUT2D eigenvalue weighted by Crippen LogP contribution is 2.55. The Labute approximate surface area is 226 Å². The van der Waals surface area contributed by atoms with Crippen molar-refractivity contribution in [1.29, 1.82) is 5.26 Å². The van der Waals surface area contributed by atoms with Crippen molar-refractivity contribution in [3.05, 3.63) is 46.8 Å². The lowest BCUT2D eigenvalue weighted by Crippen LogP contribution is -2.74. The predicted octanol–water partition coefficient (Wildman–Crippen LogP) is 4.28. The van der Waals surface area contributed by atoms with Crippen LogP contribution in [0.1, 0.15) is 68.6 Å². The normalized spacial score (nSPS) is 27.7. The molecule has 1 aromatic carbocycles. The zero-order chi connectivity index (χ0) is 28.0. The van der Waals surface area contributed by atoms with Crippen LogP contribution in [-0.2, 0) is 0 Å². The number of aliphatic hydroxyl groups is 1. The molecular formula is C30H41N5O3. The Morgan fingerprint density at radius 2 is 1.68 bits per heavy atom. The molecule has 1 unspecified atom stereocenters. The predicted molar refractivity (Wildman–Crippen MR) is 147 cm³/mol. The van der Waals surface area contributed by atoms with Gasteiger partial charge < -0.3 is 20.1 Å². The molecule has 1 saturated carbocycles. The van der Waals surface area contributed by atoms with Crippen LogP contribution in [0, 0.1) is 53.8 Å². The maximum atomic E-state index is 13.2. The highest BCUT2D eigenvalue weighted by Gasteiger charge is 2.64. The van der Waals surface area contributed by atoms with Crippen LogP contribution >= 0.6 is 0 Å². The van der Waals surface area contributed by atoms with E-state index in [0.29, 0.717) is 28.9 Å². The molecule has 2 fully saturated rings. The van der Waals surface area contributed by atoms with E-state index in [1.165, 1.54) is 0 Å². The van der Waals surface area contributed by atoms with Crippen LogP contribution in [0.15, 0.2) is 24.5 Å². The molecule has 2 aliphatic rings. The quantitative estimate of drug-likeness (QED) is 0.586. The van der Waals surface area contributed by atoms with Gasteiger partial charge in [-0.15, -0.1) is 0 Å². The molecule has 8 nitrogen and oxygen atoms in total. The molecule has 4 rings (SSSR count). The molecule has 3 atom stereocenters. The summed E-state index contributed by atoms with van der Waals surface area (Å²) < 4.78 is 6.52. The Balaban J connectivity index is 1.44. The third-order valence-electron chi connectivity index (χ3n) is 9.09. The Morgan fingerprint density at radius 1 is 1.11 bits per heavy atom. The minimum absolute atomic E-state index is 0.119. The summed E-state index contributed by atoms with van der Waals surface area (Å²) in [6.07, 6.45) is 3.07. The molecule has 204 valence electrons. The summed E-state index contributed by atoms with van der Waals surface area (Å²) >= 11 is 0. The molecule has 1 aromatic heterocycles. The second-order valence-electron chi connectivity index (χ2n) is 12.5. The minimum atomic E-state index is -0.322. The molecule has 38 heavy (non-hydrogen) atoms. The molecule has 0 spiro atoms. The lowest BCUT2D eigenvalue weighted by molar-refractivity contribution is -0.164. The van der Waals surface area contributed by atoms with Crippen molar-refractivity contribution in [1.82, 2.24) is 15.3 Å². The first-order chi connectivity index (χ1) is 17.8. The first-order valence-corrected chi connectivity index (χ1v) is 13.5. The average molecular weight is 520 g/mol. The number of hydrogen-bond donors (Lipinski definition) is 2. The van der Waals surface area contributed by atoms with Crippen molar-refractivity contribution in [2.24, 2.45) is 28.6 Å². The molecule has 0 bridgehead atoms. The first-order valence-electron chi connectivity index (χ1n) is 13.5. The van der Waals surface area contributed by atoms with Crippen LogP contribution in [0.25, 0.3) is 0 Å². The molecule has 2 heterocycles. The van der Waals surface area contributed by atoms with Crippen LogP contribution in [0.2, 0.25) is 0 Å². The van der Waals surface area contributed by atoms with Crippen molar-refractivity contribution in [2.45, 2.75) is 67.5 Å². The standard InChI is InChI=1S/C30H41N5O3/c1-17-14-35(15-18(2)23(17)16-36)28-32-12-22(13-33-28)25(37)34-26-29(5,6)27(30(26,7)8)38-24-10-9-21(11-31)19(3)20(24)4/h9-10,12-13,17-18,23,26-27,36H,14-16H2,1-8H3,(H,34,37)/t17-,18+,23?,26?,27?. The fourth-order valence-corrected chi connectivity index (χ4v) is 6.91. The summed E-state index contributed by atoms with van der Waals surface area (Å²) in [6, 6.07) is 5.77. The van der Waals surface area contributed by atoms with E-state index >= 15 is 0 Å². The summed E-state index contributed by atoms with van der Waals surface area (Å²) in [7, 11) is 0. The molecular weight excluding hydrogens is 478 g/mol. The Morgan fingerprint density at radius 3 is 2.21 bits per heavy atom. The van der Waals surface area contributed by atoms with Gasteiger partial charge in [0.05, 0.1) is 17.2 Å². The van der Waals surface area contributed by atoms with Gasteiger partial charge >= 0.3 is 0 Å². The number of aromatic nitrogens is 2. The summed E-state index contributed by atoms with van der Waals surface area (Å²) in [5.74, 6) is 2.14. The fraction of sp³-hybridized carbons (Fsp3) is 0.600. The van der Waals surface area contributed by atoms with Gasteiger partial charge in [0.2, 0.25) is 5.95 Å². The fourth-order valence-electron chi connectivity index (χ4n) is 6.91. The summed E-state index contributed by atoms with van der Waals surface area (Å²) in [4.78, 5) is 24.4. The molecule has 1 aliphatic carbocycles. The number of nitriles is 1. The van der Waals surface area contributed by atoms with E-state index in [-0.39, 0.29) is 41.4 Å². The number of carbonyl (C=O) groups is 1. The van der Waals surface area contributed by atoms with Crippen molar-refractivity contribution in [3.8, 4) is 11.8 Å². The van der Waals surface area contributed by atoms with Gasteiger partial charge in [0.15, 0.2) is 0 Å². The monoisotopic (exact) mass is 519 g/mol. The number of ether oxygens (including phenoxy) is 1. The summed E-state index contributed by atoms with van der Waals surface area (Å²) in [5, 5.41) is 22.2. The second-order valence-corrected chi connectivity index (χ2v) is 12.5. The maximum absolute atomic E-state index is 13.2. The number of anilines is 1. The number of rotatable bonds is 6. The number of hydrogen-bond acceptors (Lipinski definition) is 7. The van der Waals surface area contributed by atoms with Gasteiger partial charge in [0.1, 0.15) is 11.9 Å². The largest absolute Gasteiger partial charge is 0.489 e. The van der Waals surface area contributed by atoms with E-state index in [4.69, 9.17) is 4.74 Å². The van der Waals surface area contributed by atoms with Crippen LogP contribution in [-0.4, -0.2) is 52.8 Å². The van der Waals surface area contributed by atoms with Gasteiger partial charge in [0, 0.05) is 49.0 Å². The van der Waals surface area contributed by atoms with Crippen LogP contribution in [0.5, 0.6) is 5.75 Å². The molecule has 2 N–H and O–H groups in total. The van der Waals surface area contributed by atoms with Crippen LogP contribution in [0.3, 0.4) is 0 Å². The van der Waals surface area contributed by atoms with Gasteiger partial charge in [-0.25, -0.2) is 9.97 Å². The van der Waals surface area contributed by atoms with Crippen LogP contribution in [0.4, 0.5) is 5.95 Å². The minimum Gasteiger partial charge on any atom is -0.489 e. The average Bonchev–Trinajstić information content (AvgIpc) is 2.87. The van der Waals surface area contributed by atoms with E-state index in [1.807, 2.05) is 19.9 Å². The SMILES string of the molecule is Cc1c(C#N)ccc(OC2C(C)(C)C(NC(=O)c3cnc(N4C[C@@H](C)C(CO)[C@@H](C)C4)nc3)C2(C)C)c1C. The van der Waals surface area contributed by atoms with Gasteiger partial charge in [-0.1, -0.05) is 41.5 Å². The number of amides is 1. The van der Waals surface area contributed by atoms with Gasteiger partial charge in [0.25, 0.3) is 5.91 Å². The third-order valence-corrected chi connectivity index (χ3v) is 9.09. The third kappa shape index (κ3) is 4.73. The van der Waals surface area contributed by atoms with E-state index in [0.717, 1.165) is 30.0 Å². The number of aliphatic hydroxyl groups excluding tert-OH is 1. The lowest BCUT2D eigenvalue weighted by atomic mass is 9.49. The highest BCUT2D eigenvalue weighted by molar-refractivity contribution is 5.94. The zero-order valence-electron chi connectivity index (χ0n) is 23.9. The van der Waals surface area contributed by atoms with Gasteiger partial charge in [-0.3, -0.25) is 4.79 Å². The van der Waals surface area contributed by atoms with Crippen molar-refractivity contribution >= 4 is 11.9 Å². The zero-order valence-corrected chi connectivity index (χ0v) is 23.9. The number of carbonyl (C=O) groups excluding carboxylic acids is 1. The van der Waals surface area contributed by atoms with E-state index < -0.39 is 0 Å². The van der Waals surface area contributed by atoms with E-state index in [1.54, 1.807) is 18.5 Å². The number of nitrogens with zero attached hydrogens (tertiary/aromatic N) is 4. The first kappa shape index (κ1) is 27.8. The molecule has 1 saturated heterocycles. The highest BCUT2D eigenvalue weighted by atomic mass is 16.5. The van der Waals surface area contributed by atoms with Crippen LogP contribution < -0.4 is 15.0 Å². The van der Waals surface area contributed by atoms with E-state index in [9.17, 15) is 15.2 Å². The van der Waals surface area contributed by atoms with Crippen molar-refractivity contribution in [2.75, 3.05) is 24.6 Å². The molecule has 8 heteroatoms. The smallest absolute Gasteiger partial charge is 0.254 e. The summed E-state index contributed by atoms with van der Waals surface area (Å²) in [5.41, 5.74) is 2.32. The van der Waals surface area contributed by atoms with Crippen molar-refractivity contribution in [3.63, 3.8) is 0 Å². The van der Waals surface area contributed by atoms with E-state index in [2.05, 4.69) is 67.8 Å². The number of piperidine rings is 1. The maximum Gasteiger partial charge on any atom is 0.254 e. The second kappa shape index (κ2) is 10.2. The van der Waals surface area contributed by atoms with Gasteiger partial charge in [-0.2, -0.15) is 5.26 Å². The number of benzene rings is 1. The molecule has 1 amide bonds. The Hall–Kier alpha value is -3.18. The number of nitrogens with one attached hydrogen (secondary N) is 1.